The summed E-state index contributed by atoms with van der Waals surface area (Å²) >= 11 is 1.78. The van der Waals surface area contributed by atoms with Crippen molar-refractivity contribution in [3.8, 4) is 5.75 Å². The van der Waals surface area contributed by atoms with Gasteiger partial charge in [-0.3, -0.25) is 4.79 Å². The molecule has 2 aromatic rings. The normalized spacial score (nSPS) is 14.7. The first-order valence-electron chi connectivity index (χ1n) is 9.83. The molecule has 0 saturated carbocycles. The van der Waals surface area contributed by atoms with Gasteiger partial charge in [0.1, 0.15) is 5.75 Å². The van der Waals surface area contributed by atoms with Crippen LogP contribution in [0.2, 0.25) is 0 Å². The maximum atomic E-state index is 12.2. The third kappa shape index (κ3) is 6.17. The van der Waals surface area contributed by atoms with Gasteiger partial charge in [0, 0.05) is 28.9 Å². The molecule has 1 saturated heterocycles. The van der Waals surface area contributed by atoms with Gasteiger partial charge in [-0.2, -0.15) is 0 Å². The Balaban J connectivity index is 1.33. The van der Waals surface area contributed by atoms with Crippen molar-refractivity contribution in [3.63, 3.8) is 0 Å². The molecule has 1 amide bonds. The number of hydrogen-bond donors (Lipinski definition) is 2. The predicted molar refractivity (Wildman–Crippen MR) is 116 cm³/mol. The Morgan fingerprint density at radius 3 is 2.64 bits per heavy atom. The van der Waals surface area contributed by atoms with Crippen LogP contribution in [0.3, 0.4) is 0 Å². The molecular weight excluding hydrogens is 370 g/mol. The largest absolute Gasteiger partial charge is 0.497 e. The molecule has 5 nitrogen and oxygen atoms in total. The average Bonchev–Trinajstić information content (AvgIpc) is 2.73. The van der Waals surface area contributed by atoms with E-state index in [0.717, 1.165) is 37.7 Å². The van der Waals surface area contributed by atoms with E-state index < -0.39 is 0 Å². The minimum Gasteiger partial charge on any atom is -0.497 e. The molecule has 1 aliphatic rings. The molecule has 1 aliphatic heterocycles. The van der Waals surface area contributed by atoms with Crippen molar-refractivity contribution < 1.29 is 14.4 Å². The van der Waals surface area contributed by atoms with Crippen LogP contribution in [0.15, 0.2) is 53.4 Å². The van der Waals surface area contributed by atoms with E-state index in [-0.39, 0.29) is 5.91 Å². The number of nitrogens with one attached hydrogen (secondary N) is 2. The summed E-state index contributed by atoms with van der Waals surface area (Å²) in [5, 5.41) is 3.06. The van der Waals surface area contributed by atoms with Crippen molar-refractivity contribution in [2.45, 2.75) is 11.8 Å². The lowest BCUT2D eigenvalue weighted by Gasteiger charge is -2.33. The van der Waals surface area contributed by atoms with E-state index in [4.69, 9.17) is 4.74 Å². The van der Waals surface area contributed by atoms with Gasteiger partial charge in [0.05, 0.1) is 33.3 Å². The Morgan fingerprint density at radius 2 is 1.93 bits per heavy atom. The third-order valence-electron chi connectivity index (χ3n) is 5.01. The first kappa shape index (κ1) is 20.6. The van der Waals surface area contributed by atoms with E-state index in [0.29, 0.717) is 13.1 Å². The maximum Gasteiger partial charge on any atom is 0.275 e. The standard InChI is InChI=1S/C22H29N3O2S/c1-18-6-8-21(9-7-18)28-15-10-23-22(26)17-24-11-13-25(14-12-24)19-4-3-5-20(16-19)27-2/h3-9,16H,10-15,17H2,1-2H3,(H,23,26)/p+1. The Morgan fingerprint density at radius 1 is 1.18 bits per heavy atom. The fourth-order valence-corrected chi connectivity index (χ4v) is 4.12. The maximum absolute atomic E-state index is 12.2. The number of carbonyl (C=O) groups is 1. The Labute approximate surface area is 172 Å². The van der Waals surface area contributed by atoms with E-state index in [1.807, 2.05) is 12.1 Å². The van der Waals surface area contributed by atoms with E-state index in [9.17, 15) is 4.79 Å². The number of benzene rings is 2. The number of ether oxygens (including phenoxy) is 1. The van der Waals surface area contributed by atoms with Crippen molar-refractivity contribution in [1.29, 1.82) is 0 Å². The zero-order valence-electron chi connectivity index (χ0n) is 16.7. The van der Waals surface area contributed by atoms with Gasteiger partial charge in [-0.05, 0) is 31.2 Å². The van der Waals surface area contributed by atoms with E-state index in [2.05, 4.69) is 53.5 Å². The molecule has 1 fully saturated rings. The van der Waals surface area contributed by atoms with E-state index in [1.165, 1.54) is 21.0 Å². The van der Waals surface area contributed by atoms with Crippen molar-refractivity contribution in [3.05, 3.63) is 54.1 Å². The van der Waals surface area contributed by atoms with Gasteiger partial charge >= 0.3 is 0 Å². The molecular formula is C22H30N3O2S+. The smallest absolute Gasteiger partial charge is 0.275 e. The number of nitrogens with zero attached hydrogens (tertiary/aromatic N) is 1. The lowest BCUT2D eigenvalue weighted by molar-refractivity contribution is -0.892. The predicted octanol–water partition coefficient (Wildman–Crippen LogP) is 1.62. The first-order chi connectivity index (χ1) is 13.6. The fourth-order valence-electron chi connectivity index (χ4n) is 3.35. The van der Waals surface area contributed by atoms with Crippen LogP contribution in [0, 0.1) is 6.92 Å². The summed E-state index contributed by atoms with van der Waals surface area (Å²) in [6, 6.07) is 16.7. The molecule has 0 aliphatic carbocycles. The SMILES string of the molecule is COc1cccc(N2CC[NH+](CC(=O)NCCSc3ccc(C)cc3)CC2)c1. The van der Waals surface area contributed by atoms with E-state index in [1.54, 1.807) is 18.9 Å². The summed E-state index contributed by atoms with van der Waals surface area (Å²) in [6.45, 7) is 7.22. The highest BCUT2D eigenvalue weighted by Gasteiger charge is 2.22. The van der Waals surface area contributed by atoms with Crippen LogP contribution < -0.4 is 19.9 Å². The molecule has 0 unspecified atom stereocenters. The monoisotopic (exact) mass is 400 g/mol. The lowest BCUT2D eigenvalue weighted by atomic mass is 10.2. The number of rotatable bonds is 8. The number of quaternary nitrogens is 1. The van der Waals surface area contributed by atoms with Crippen molar-refractivity contribution in [2.24, 2.45) is 0 Å². The first-order valence-corrected chi connectivity index (χ1v) is 10.8. The van der Waals surface area contributed by atoms with Gasteiger partial charge in [-0.25, -0.2) is 0 Å². The number of piperazine rings is 1. The number of aryl methyl sites for hydroxylation is 1. The summed E-state index contributed by atoms with van der Waals surface area (Å²) < 4.78 is 5.31. The lowest BCUT2D eigenvalue weighted by Crippen LogP contribution is -3.16. The molecule has 1 heterocycles. The van der Waals surface area contributed by atoms with Gasteiger partial charge in [0.25, 0.3) is 5.91 Å². The summed E-state index contributed by atoms with van der Waals surface area (Å²) in [4.78, 5) is 17.2. The Hall–Kier alpha value is -2.18. The highest BCUT2D eigenvalue weighted by Crippen LogP contribution is 2.20. The minimum absolute atomic E-state index is 0.148. The molecule has 0 radical (unpaired) electrons. The molecule has 150 valence electrons. The second-order valence-corrected chi connectivity index (χ2v) is 8.30. The summed E-state index contributed by atoms with van der Waals surface area (Å²) in [7, 11) is 1.69. The molecule has 0 bridgehead atoms. The van der Waals surface area contributed by atoms with Gasteiger partial charge in [0.2, 0.25) is 0 Å². The molecule has 6 heteroatoms. The van der Waals surface area contributed by atoms with Crippen LogP contribution in [0.4, 0.5) is 5.69 Å². The molecule has 0 atom stereocenters. The zero-order chi connectivity index (χ0) is 19.8. The van der Waals surface area contributed by atoms with E-state index >= 15 is 0 Å². The minimum atomic E-state index is 0.148. The number of hydrogen-bond acceptors (Lipinski definition) is 4. The highest BCUT2D eigenvalue weighted by molar-refractivity contribution is 7.99. The van der Waals surface area contributed by atoms with Crippen LogP contribution in [-0.2, 0) is 4.79 Å². The number of carbonyl (C=O) groups excluding carboxylic acids is 1. The van der Waals surface area contributed by atoms with Crippen LogP contribution in [0.1, 0.15) is 5.56 Å². The third-order valence-corrected chi connectivity index (χ3v) is 6.03. The zero-order valence-corrected chi connectivity index (χ0v) is 17.6. The molecule has 0 aromatic heterocycles. The van der Waals surface area contributed by atoms with Crippen molar-refractivity contribution in [2.75, 3.05) is 57.0 Å². The molecule has 3 rings (SSSR count). The summed E-state index contributed by atoms with van der Waals surface area (Å²) in [5.74, 6) is 1.93. The van der Waals surface area contributed by atoms with Gasteiger partial charge in [0.15, 0.2) is 6.54 Å². The highest BCUT2D eigenvalue weighted by atomic mass is 32.2. The average molecular weight is 401 g/mol. The Bertz CT molecular complexity index is 759. The van der Waals surface area contributed by atoms with Crippen LogP contribution >= 0.6 is 11.8 Å². The van der Waals surface area contributed by atoms with Crippen molar-refractivity contribution >= 4 is 23.4 Å². The second-order valence-electron chi connectivity index (χ2n) is 7.13. The number of methoxy groups -OCH3 is 1. The van der Waals surface area contributed by atoms with Gasteiger partial charge in [-0.1, -0.05) is 23.8 Å². The molecule has 2 aromatic carbocycles. The summed E-state index contributed by atoms with van der Waals surface area (Å²) in [5.41, 5.74) is 2.46. The number of anilines is 1. The van der Waals surface area contributed by atoms with Gasteiger partial charge < -0.3 is 19.9 Å². The summed E-state index contributed by atoms with van der Waals surface area (Å²) in [6.07, 6.45) is 0. The molecule has 28 heavy (non-hydrogen) atoms. The second kappa shape index (κ2) is 10.4. The molecule has 2 N–H and O–H groups in total. The van der Waals surface area contributed by atoms with Crippen LogP contribution in [0.5, 0.6) is 5.75 Å². The van der Waals surface area contributed by atoms with Gasteiger partial charge in [-0.15, -0.1) is 11.8 Å². The van der Waals surface area contributed by atoms with Crippen molar-refractivity contribution in [1.82, 2.24) is 5.32 Å². The number of amides is 1. The topological polar surface area (TPSA) is 46.0 Å². The Kier molecular flexibility index (Phi) is 7.62. The fraction of sp³-hybridized carbons (Fsp3) is 0.409. The number of thioether (sulfide) groups is 1. The quantitative estimate of drug-likeness (QED) is 0.522. The molecule has 0 spiro atoms. The van der Waals surface area contributed by atoms with Crippen LogP contribution in [0.25, 0.3) is 0 Å². The van der Waals surface area contributed by atoms with Crippen LogP contribution in [-0.4, -0.2) is 58.0 Å².